The molecule has 76 valence electrons. The van der Waals surface area contributed by atoms with E-state index in [1.54, 1.807) is 0 Å². The summed E-state index contributed by atoms with van der Waals surface area (Å²) in [5, 5.41) is 0. The fraction of sp³-hybridized carbons (Fsp3) is 0.556. The lowest BCUT2D eigenvalue weighted by Crippen LogP contribution is -2.16. The summed E-state index contributed by atoms with van der Waals surface area (Å²) >= 11 is 0. The van der Waals surface area contributed by atoms with Crippen LogP contribution in [0.1, 0.15) is 32.3 Å². The van der Waals surface area contributed by atoms with E-state index in [1.807, 2.05) is 13.8 Å². The molecule has 0 amide bonds. The largest absolute Gasteiger partial charge is 0.395 e. The van der Waals surface area contributed by atoms with E-state index in [2.05, 4.69) is 4.98 Å². The van der Waals surface area contributed by atoms with E-state index in [0.29, 0.717) is 0 Å². The van der Waals surface area contributed by atoms with E-state index < -0.39 is 12.1 Å². The highest BCUT2D eigenvalue weighted by atomic mass is 19.4. The van der Waals surface area contributed by atoms with Gasteiger partial charge in [-0.3, -0.25) is 0 Å². The molecule has 0 fully saturated rings. The fourth-order valence-corrected chi connectivity index (χ4v) is 0.795. The number of aromatic nitrogens is 1. The van der Waals surface area contributed by atoms with Gasteiger partial charge in [0.2, 0.25) is 0 Å². The van der Waals surface area contributed by atoms with Gasteiger partial charge in [-0.25, -0.2) is 0 Å². The molecule has 1 unspecified atom stereocenters. The number of rotatable bonds is 1. The van der Waals surface area contributed by atoms with Crippen LogP contribution in [0.2, 0.25) is 0 Å². The molecule has 4 heteroatoms. The van der Waals surface area contributed by atoms with Crippen molar-refractivity contribution in [2.75, 3.05) is 0 Å². The third-order valence-corrected chi connectivity index (χ3v) is 1.61. The van der Waals surface area contributed by atoms with Gasteiger partial charge in [-0.2, -0.15) is 13.2 Å². The number of aromatic amines is 1. The van der Waals surface area contributed by atoms with Gasteiger partial charge in [0.25, 0.3) is 0 Å². The summed E-state index contributed by atoms with van der Waals surface area (Å²) in [6.45, 7) is 5.14. The average Bonchev–Trinajstić information content (AvgIpc) is 2.57. The fourth-order valence-electron chi connectivity index (χ4n) is 0.795. The third-order valence-electron chi connectivity index (χ3n) is 1.61. The monoisotopic (exact) mass is 193 g/mol. The lowest BCUT2D eigenvalue weighted by molar-refractivity contribution is -0.146. The van der Waals surface area contributed by atoms with Crippen LogP contribution in [0.3, 0.4) is 0 Å². The molecule has 1 atom stereocenters. The molecule has 1 aromatic heterocycles. The first-order chi connectivity index (χ1) is 6.02. The molecule has 1 nitrogen and oxygen atoms in total. The van der Waals surface area contributed by atoms with Crippen molar-refractivity contribution < 1.29 is 13.2 Å². The quantitative estimate of drug-likeness (QED) is 0.699. The van der Waals surface area contributed by atoms with Gasteiger partial charge in [0.05, 0.1) is 5.92 Å². The third kappa shape index (κ3) is 3.53. The van der Waals surface area contributed by atoms with E-state index in [1.165, 1.54) is 18.5 Å². The second-order valence-electron chi connectivity index (χ2n) is 2.41. The van der Waals surface area contributed by atoms with Crippen LogP contribution in [0.15, 0.2) is 18.5 Å². The summed E-state index contributed by atoms with van der Waals surface area (Å²) in [5.74, 6) is -1.38. The summed E-state index contributed by atoms with van der Waals surface area (Å²) in [6, 6.07) is 1.43. The van der Waals surface area contributed by atoms with Crippen molar-refractivity contribution >= 4 is 0 Å². The van der Waals surface area contributed by atoms with E-state index in [9.17, 15) is 13.2 Å². The molecule has 0 saturated carbocycles. The van der Waals surface area contributed by atoms with E-state index >= 15 is 0 Å². The predicted molar refractivity (Wildman–Crippen MR) is 46.6 cm³/mol. The molecule has 1 N–H and O–H groups in total. The number of hydrogen-bond acceptors (Lipinski definition) is 0. The number of halogens is 3. The summed E-state index contributed by atoms with van der Waals surface area (Å²) in [5.41, 5.74) is 0.275. The van der Waals surface area contributed by atoms with Crippen molar-refractivity contribution in [2.24, 2.45) is 0 Å². The van der Waals surface area contributed by atoms with Crippen molar-refractivity contribution in [3.63, 3.8) is 0 Å². The topological polar surface area (TPSA) is 15.8 Å². The van der Waals surface area contributed by atoms with Crippen LogP contribution in [0.25, 0.3) is 0 Å². The zero-order chi connectivity index (χ0) is 10.5. The Balaban J connectivity index is 0.000000671. The minimum Gasteiger partial charge on any atom is -0.367 e. The molecular weight excluding hydrogens is 179 g/mol. The molecule has 1 heterocycles. The number of nitrogens with one attached hydrogen (secondary N) is 1. The second-order valence-corrected chi connectivity index (χ2v) is 2.41. The van der Waals surface area contributed by atoms with Gasteiger partial charge in [-0.1, -0.05) is 13.8 Å². The van der Waals surface area contributed by atoms with Gasteiger partial charge in [0.1, 0.15) is 0 Å². The molecule has 0 aliphatic carbocycles. The number of hydrogen-bond donors (Lipinski definition) is 1. The van der Waals surface area contributed by atoms with Crippen molar-refractivity contribution in [3.8, 4) is 0 Å². The minimum atomic E-state index is -4.14. The van der Waals surface area contributed by atoms with Gasteiger partial charge < -0.3 is 4.98 Å². The summed E-state index contributed by atoms with van der Waals surface area (Å²) in [4.78, 5) is 2.58. The van der Waals surface area contributed by atoms with Crippen LogP contribution in [-0.4, -0.2) is 11.2 Å². The van der Waals surface area contributed by atoms with Crippen molar-refractivity contribution in [1.29, 1.82) is 0 Å². The van der Waals surface area contributed by atoms with Crippen LogP contribution in [0.5, 0.6) is 0 Å². The van der Waals surface area contributed by atoms with Crippen molar-refractivity contribution in [1.82, 2.24) is 4.98 Å². The Hall–Kier alpha value is -0.930. The average molecular weight is 193 g/mol. The SMILES string of the molecule is CC.CC(c1cc[nH]c1)C(F)(F)F. The Morgan fingerprint density at radius 1 is 1.31 bits per heavy atom. The Labute approximate surface area is 76.0 Å². The molecular formula is C9H14F3N. The minimum absolute atomic E-state index is 0.275. The first kappa shape index (κ1) is 12.1. The van der Waals surface area contributed by atoms with E-state index in [4.69, 9.17) is 0 Å². The molecule has 13 heavy (non-hydrogen) atoms. The molecule has 0 spiro atoms. The second kappa shape index (κ2) is 4.94. The first-order valence-corrected chi connectivity index (χ1v) is 4.21. The zero-order valence-corrected chi connectivity index (χ0v) is 7.94. The molecule has 1 rings (SSSR count). The summed E-state index contributed by atoms with van der Waals surface area (Å²) in [7, 11) is 0. The lowest BCUT2D eigenvalue weighted by Gasteiger charge is -2.13. The van der Waals surface area contributed by atoms with Gasteiger partial charge >= 0.3 is 6.18 Å². The summed E-state index contributed by atoms with van der Waals surface area (Å²) in [6.07, 6.45) is -1.29. The first-order valence-electron chi connectivity index (χ1n) is 4.21. The standard InChI is InChI=1S/C7H8F3N.C2H6/c1-5(7(8,9)10)6-2-3-11-4-6;1-2/h2-5,11H,1H3;1-2H3. The van der Waals surface area contributed by atoms with Crippen LogP contribution < -0.4 is 0 Å². The van der Waals surface area contributed by atoms with Gasteiger partial charge in [-0.05, 0) is 18.6 Å². The Morgan fingerprint density at radius 3 is 2.15 bits per heavy atom. The van der Waals surface area contributed by atoms with Crippen molar-refractivity contribution in [2.45, 2.75) is 32.9 Å². The Bertz CT molecular complexity index is 213. The van der Waals surface area contributed by atoms with Gasteiger partial charge in [0.15, 0.2) is 0 Å². The number of H-pyrrole nitrogens is 1. The summed E-state index contributed by atoms with van der Waals surface area (Å²) < 4.78 is 36.0. The molecule has 0 aliphatic heterocycles. The zero-order valence-electron chi connectivity index (χ0n) is 7.94. The van der Waals surface area contributed by atoms with Crippen molar-refractivity contribution in [3.05, 3.63) is 24.0 Å². The normalized spacial score (nSPS) is 13.1. The molecule has 0 bridgehead atoms. The molecule has 0 radical (unpaired) electrons. The molecule has 1 aromatic rings. The highest BCUT2D eigenvalue weighted by molar-refractivity contribution is 5.15. The Morgan fingerprint density at radius 2 is 1.85 bits per heavy atom. The lowest BCUT2D eigenvalue weighted by atomic mass is 10.1. The van der Waals surface area contributed by atoms with E-state index in [-0.39, 0.29) is 5.56 Å². The molecule has 0 aromatic carbocycles. The van der Waals surface area contributed by atoms with E-state index in [0.717, 1.165) is 6.92 Å². The number of alkyl halides is 3. The maximum atomic E-state index is 12.0. The van der Waals surface area contributed by atoms with Crippen LogP contribution in [0, 0.1) is 0 Å². The smallest absolute Gasteiger partial charge is 0.367 e. The maximum Gasteiger partial charge on any atom is 0.395 e. The van der Waals surface area contributed by atoms with Crippen LogP contribution in [-0.2, 0) is 0 Å². The van der Waals surface area contributed by atoms with Crippen LogP contribution >= 0.6 is 0 Å². The highest BCUT2D eigenvalue weighted by Gasteiger charge is 2.36. The van der Waals surface area contributed by atoms with Crippen LogP contribution in [0.4, 0.5) is 13.2 Å². The molecule has 0 saturated heterocycles. The highest BCUT2D eigenvalue weighted by Crippen LogP contribution is 2.33. The predicted octanol–water partition coefficient (Wildman–Crippen LogP) is 3.71. The van der Waals surface area contributed by atoms with Gasteiger partial charge in [0, 0.05) is 12.4 Å². The Kier molecular flexibility index (Phi) is 4.59. The van der Waals surface area contributed by atoms with Gasteiger partial charge in [-0.15, -0.1) is 0 Å². The maximum absolute atomic E-state index is 12.0. The molecule has 0 aliphatic rings.